The fourth-order valence-corrected chi connectivity index (χ4v) is 5.44. The van der Waals surface area contributed by atoms with E-state index in [0.717, 1.165) is 29.5 Å². The Morgan fingerprint density at radius 3 is 1.88 bits per heavy atom. The van der Waals surface area contributed by atoms with E-state index in [-0.39, 0.29) is 30.7 Å². The molecule has 8 heteroatoms. The normalized spacial score (nSPS) is 19.6. The average molecular weight is 562 g/mol. The second-order valence-electron chi connectivity index (χ2n) is 11.1. The van der Waals surface area contributed by atoms with E-state index in [0.29, 0.717) is 39.3 Å². The Hall–Kier alpha value is -3.14. The molecule has 0 saturated carbocycles. The molecule has 1 saturated heterocycles. The third kappa shape index (κ3) is 8.92. The number of nitrogens with zero attached hydrogens (tertiary/aromatic N) is 3. The molecular weight excluding hydrogens is 518 g/mol. The summed E-state index contributed by atoms with van der Waals surface area (Å²) >= 11 is 0. The Morgan fingerprint density at radius 2 is 1.34 bits per heavy atom. The smallest absolute Gasteiger partial charge is 0.232 e. The van der Waals surface area contributed by atoms with Crippen LogP contribution in [0.2, 0.25) is 0 Å². The molecule has 8 nitrogen and oxygen atoms in total. The summed E-state index contributed by atoms with van der Waals surface area (Å²) in [5, 5.41) is 33.1. The summed E-state index contributed by atoms with van der Waals surface area (Å²) in [6.45, 7) is 4.47. The first-order valence-electron chi connectivity index (χ1n) is 14.6. The van der Waals surface area contributed by atoms with Crippen molar-refractivity contribution in [2.75, 3.05) is 45.8 Å². The second-order valence-corrected chi connectivity index (χ2v) is 11.1. The zero-order valence-corrected chi connectivity index (χ0v) is 23.9. The van der Waals surface area contributed by atoms with E-state index in [1.165, 1.54) is 4.90 Å². The van der Waals surface area contributed by atoms with Gasteiger partial charge in [-0.2, -0.15) is 0 Å². The number of aliphatic hydroxyl groups excluding tert-OH is 3. The molecule has 4 atom stereocenters. The molecule has 2 aromatic carbocycles. The van der Waals surface area contributed by atoms with Crippen LogP contribution in [0.25, 0.3) is 0 Å². The number of carbonyl (C=O) groups is 2. The number of amides is 2. The van der Waals surface area contributed by atoms with Crippen molar-refractivity contribution < 1.29 is 24.9 Å². The van der Waals surface area contributed by atoms with Crippen molar-refractivity contribution in [1.29, 1.82) is 0 Å². The van der Waals surface area contributed by atoms with E-state index in [1.807, 2.05) is 71.6 Å². The van der Waals surface area contributed by atoms with Crippen molar-refractivity contribution in [2.24, 2.45) is 5.92 Å². The Bertz CT molecular complexity index is 1190. The molecular formula is C33H43N3O5. The standard InChI is InChI=1S/C33H43N3O5/c1-25-21-32(40)36(33(25)41)20-19-34(22-29(37)26-11-5-2-6-12-26)17-18-35(23-30(38)27-13-7-3-8-14-27)24-31(39)28-15-9-4-10-16-28/h2-3,5-9,11-16,25,29-31,37-39H,4,10,17-24H2,1H3. The Labute approximate surface area is 243 Å². The van der Waals surface area contributed by atoms with Gasteiger partial charge in [0.05, 0.1) is 18.3 Å². The lowest BCUT2D eigenvalue weighted by Crippen LogP contribution is -2.45. The molecule has 3 N–H and O–H groups in total. The van der Waals surface area contributed by atoms with Gasteiger partial charge < -0.3 is 15.3 Å². The molecule has 0 bridgehead atoms. The van der Waals surface area contributed by atoms with Gasteiger partial charge in [-0.1, -0.05) is 85.8 Å². The van der Waals surface area contributed by atoms with Crippen LogP contribution in [0.3, 0.4) is 0 Å². The summed E-state index contributed by atoms with van der Waals surface area (Å²) in [4.78, 5) is 30.4. The molecule has 0 aromatic heterocycles. The van der Waals surface area contributed by atoms with Crippen molar-refractivity contribution in [1.82, 2.24) is 14.7 Å². The van der Waals surface area contributed by atoms with Crippen LogP contribution in [-0.2, 0) is 9.59 Å². The van der Waals surface area contributed by atoms with E-state index in [2.05, 4.69) is 17.1 Å². The van der Waals surface area contributed by atoms with Gasteiger partial charge in [0.25, 0.3) is 0 Å². The molecule has 1 fully saturated rings. The number of rotatable bonds is 15. The lowest BCUT2D eigenvalue weighted by molar-refractivity contribution is -0.139. The minimum atomic E-state index is -0.744. The third-order valence-electron chi connectivity index (χ3n) is 7.91. The summed E-state index contributed by atoms with van der Waals surface area (Å²) in [6, 6.07) is 18.9. The molecule has 1 heterocycles. The Kier molecular flexibility index (Phi) is 11.4. The van der Waals surface area contributed by atoms with Gasteiger partial charge in [0, 0.05) is 58.2 Å². The van der Waals surface area contributed by atoms with Gasteiger partial charge in [0.15, 0.2) is 0 Å². The first-order valence-corrected chi connectivity index (χ1v) is 14.6. The number of carbonyl (C=O) groups excluding carboxylic acids is 2. The summed E-state index contributed by atoms with van der Waals surface area (Å²) in [5.74, 6) is -0.607. The highest BCUT2D eigenvalue weighted by molar-refractivity contribution is 6.03. The van der Waals surface area contributed by atoms with Gasteiger partial charge in [-0.05, 0) is 29.5 Å². The maximum absolute atomic E-state index is 12.5. The number of aliphatic hydroxyl groups is 3. The Balaban J connectivity index is 1.46. The highest BCUT2D eigenvalue weighted by Gasteiger charge is 2.35. The van der Waals surface area contributed by atoms with Crippen LogP contribution < -0.4 is 0 Å². The zero-order valence-electron chi connectivity index (χ0n) is 23.9. The number of allylic oxidation sites excluding steroid dienone is 2. The van der Waals surface area contributed by atoms with Gasteiger partial charge in [-0.3, -0.25) is 24.3 Å². The fraction of sp³-hybridized carbons (Fsp3) is 0.455. The second kappa shape index (κ2) is 15.2. The van der Waals surface area contributed by atoms with Crippen LogP contribution in [0.4, 0.5) is 0 Å². The van der Waals surface area contributed by atoms with Gasteiger partial charge in [0.1, 0.15) is 0 Å². The van der Waals surface area contributed by atoms with Crippen molar-refractivity contribution in [3.8, 4) is 0 Å². The SMILES string of the molecule is CC1CC(=O)N(CCN(CCN(CC(O)C2=CCCC=C2)CC(O)c2ccccc2)CC(O)c2ccccc2)C1=O. The minimum Gasteiger partial charge on any atom is -0.387 e. The number of likely N-dealkylation sites (tertiary alicyclic amines) is 1. The highest BCUT2D eigenvalue weighted by atomic mass is 16.3. The maximum Gasteiger partial charge on any atom is 0.232 e. The third-order valence-corrected chi connectivity index (χ3v) is 7.91. The predicted molar refractivity (Wildman–Crippen MR) is 159 cm³/mol. The van der Waals surface area contributed by atoms with E-state index >= 15 is 0 Å². The van der Waals surface area contributed by atoms with E-state index in [9.17, 15) is 24.9 Å². The van der Waals surface area contributed by atoms with Crippen LogP contribution in [0.5, 0.6) is 0 Å². The summed E-state index contributed by atoms with van der Waals surface area (Å²) in [5.41, 5.74) is 2.48. The van der Waals surface area contributed by atoms with Gasteiger partial charge in [-0.25, -0.2) is 0 Å². The fourth-order valence-electron chi connectivity index (χ4n) is 5.44. The molecule has 1 aliphatic carbocycles. The largest absolute Gasteiger partial charge is 0.387 e. The van der Waals surface area contributed by atoms with E-state index < -0.39 is 18.3 Å². The number of hydrogen-bond donors (Lipinski definition) is 3. The summed E-state index contributed by atoms with van der Waals surface area (Å²) in [6.07, 6.45) is 6.02. The first-order chi connectivity index (χ1) is 19.8. The molecule has 220 valence electrons. The van der Waals surface area contributed by atoms with Crippen LogP contribution in [0, 0.1) is 5.92 Å². The zero-order chi connectivity index (χ0) is 29.2. The van der Waals surface area contributed by atoms with Gasteiger partial charge >= 0.3 is 0 Å². The molecule has 1 aliphatic heterocycles. The van der Waals surface area contributed by atoms with Crippen molar-refractivity contribution in [3.05, 3.63) is 95.6 Å². The molecule has 4 unspecified atom stereocenters. The quantitative estimate of drug-likeness (QED) is 0.287. The maximum atomic E-state index is 12.5. The lowest BCUT2D eigenvalue weighted by Gasteiger charge is -2.32. The first kappa shape index (κ1) is 30.8. The summed E-state index contributed by atoms with van der Waals surface area (Å²) in [7, 11) is 0. The number of imide groups is 1. The molecule has 2 aromatic rings. The van der Waals surface area contributed by atoms with Crippen molar-refractivity contribution >= 4 is 11.8 Å². The molecule has 2 amide bonds. The predicted octanol–water partition coefficient (Wildman–Crippen LogP) is 3.09. The molecule has 0 radical (unpaired) electrons. The molecule has 2 aliphatic rings. The molecule has 41 heavy (non-hydrogen) atoms. The van der Waals surface area contributed by atoms with Crippen molar-refractivity contribution in [3.63, 3.8) is 0 Å². The average Bonchev–Trinajstić information content (AvgIpc) is 3.25. The monoisotopic (exact) mass is 561 g/mol. The van der Waals surface area contributed by atoms with Crippen LogP contribution in [0.1, 0.15) is 49.5 Å². The summed E-state index contributed by atoms with van der Waals surface area (Å²) < 4.78 is 0. The van der Waals surface area contributed by atoms with Gasteiger partial charge in [-0.15, -0.1) is 0 Å². The van der Waals surface area contributed by atoms with Crippen LogP contribution in [-0.4, -0.2) is 93.8 Å². The number of hydrogen-bond acceptors (Lipinski definition) is 7. The molecule has 0 spiro atoms. The van der Waals surface area contributed by atoms with Gasteiger partial charge in [0.2, 0.25) is 11.8 Å². The minimum absolute atomic E-state index is 0.150. The van der Waals surface area contributed by atoms with Crippen LogP contribution >= 0.6 is 0 Å². The lowest BCUT2D eigenvalue weighted by atomic mass is 10.0. The Morgan fingerprint density at radius 1 is 0.780 bits per heavy atom. The van der Waals surface area contributed by atoms with E-state index in [1.54, 1.807) is 6.92 Å². The van der Waals surface area contributed by atoms with Crippen LogP contribution in [0.15, 0.2) is 84.5 Å². The highest BCUT2D eigenvalue weighted by Crippen LogP contribution is 2.21. The molecule has 4 rings (SSSR count). The topological polar surface area (TPSA) is 105 Å². The van der Waals surface area contributed by atoms with E-state index in [4.69, 9.17) is 0 Å². The van der Waals surface area contributed by atoms with Crippen molar-refractivity contribution in [2.45, 2.75) is 44.5 Å². The number of benzene rings is 2.